The summed E-state index contributed by atoms with van der Waals surface area (Å²) in [5.74, 6) is -1.000. The van der Waals surface area contributed by atoms with Crippen molar-refractivity contribution in [2.45, 2.75) is 6.42 Å². The van der Waals surface area contributed by atoms with Gasteiger partial charge in [0.15, 0.2) is 0 Å². The molecule has 23 heavy (non-hydrogen) atoms. The van der Waals surface area contributed by atoms with E-state index in [9.17, 15) is 17.6 Å². The molecule has 122 valence electrons. The molecule has 2 rings (SSSR count). The minimum Gasteiger partial charge on any atom is -0.324 e. The molecular formula is C15H14ClFN2O3S. The maximum absolute atomic E-state index is 13.4. The molecule has 2 N–H and O–H groups in total. The lowest BCUT2D eigenvalue weighted by Gasteiger charge is -2.12. The predicted octanol–water partition coefficient (Wildman–Crippen LogP) is 3.03. The molecule has 0 fully saturated rings. The second-order valence-electron chi connectivity index (χ2n) is 4.92. The normalized spacial score (nSPS) is 11.1. The Balaban J connectivity index is 2.16. The molecule has 0 spiro atoms. The van der Waals surface area contributed by atoms with Crippen LogP contribution in [0.5, 0.6) is 0 Å². The summed E-state index contributed by atoms with van der Waals surface area (Å²) in [6.45, 7) is 0. The van der Waals surface area contributed by atoms with Crippen molar-refractivity contribution in [3.8, 4) is 0 Å². The molecule has 0 unspecified atom stereocenters. The zero-order chi connectivity index (χ0) is 17.0. The monoisotopic (exact) mass is 356 g/mol. The lowest BCUT2D eigenvalue weighted by atomic mass is 10.1. The Hall–Kier alpha value is -2.12. The van der Waals surface area contributed by atoms with Crippen molar-refractivity contribution >= 4 is 38.9 Å². The third kappa shape index (κ3) is 5.54. The van der Waals surface area contributed by atoms with Crippen molar-refractivity contribution in [2.75, 3.05) is 16.3 Å². The van der Waals surface area contributed by atoms with Crippen LogP contribution >= 0.6 is 11.6 Å². The van der Waals surface area contributed by atoms with E-state index in [1.165, 1.54) is 6.07 Å². The Morgan fingerprint density at radius 1 is 1.13 bits per heavy atom. The molecule has 0 saturated heterocycles. The Morgan fingerprint density at radius 3 is 2.39 bits per heavy atom. The first-order valence-corrected chi connectivity index (χ1v) is 8.81. The van der Waals surface area contributed by atoms with Gasteiger partial charge in [0.1, 0.15) is 5.82 Å². The van der Waals surface area contributed by atoms with E-state index >= 15 is 0 Å². The van der Waals surface area contributed by atoms with E-state index < -0.39 is 21.7 Å². The van der Waals surface area contributed by atoms with E-state index in [1.54, 1.807) is 24.3 Å². The standard InChI is InChI=1S/C15H14ClFN2O3S/c1-23(21,22)19-13-7-6-12(17)9-14(13)18-15(20)8-10-2-4-11(16)5-3-10/h2-7,9,19H,8H2,1H3,(H,18,20). The van der Waals surface area contributed by atoms with Crippen LogP contribution in [0.15, 0.2) is 42.5 Å². The number of sulfonamides is 1. The molecule has 8 heteroatoms. The van der Waals surface area contributed by atoms with Gasteiger partial charge in [0.25, 0.3) is 0 Å². The molecular weight excluding hydrogens is 343 g/mol. The highest BCUT2D eigenvalue weighted by Crippen LogP contribution is 2.24. The number of amides is 1. The molecule has 2 aromatic carbocycles. The van der Waals surface area contributed by atoms with E-state index in [-0.39, 0.29) is 17.8 Å². The summed E-state index contributed by atoms with van der Waals surface area (Å²) >= 11 is 5.77. The van der Waals surface area contributed by atoms with Crippen LogP contribution in [0.25, 0.3) is 0 Å². The van der Waals surface area contributed by atoms with E-state index in [2.05, 4.69) is 10.0 Å². The highest BCUT2D eigenvalue weighted by atomic mass is 35.5. The second kappa shape index (κ2) is 6.97. The predicted molar refractivity (Wildman–Crippen MR) is 88.7 cm³/mol. The van der Waals surface area contributed by atoms with Crippen LogP contribution in [0.2, 0.25) is 5.02 Å². The Bertz CT molecular complexity index is 823. The van der Waals surface area contributed by atoms with Gasteiger partial charge in [-0.05, 0) is 35.9 Å². The highest BCUT2D eigenvalue weighted by molar-refractivity contribution is 7.92. The van der Waals surface area contributed by atoms with Crippen LogP contribution in [0.1, 0.15) is 5.56 Å². The molecule has 0 aromatic heterocycles. The van der Waals surface area contributed by atoms with Crippen molar-refractivity contribution in [2.24, 2.45) is 0 Å². The van der Waals surface area contributed by atoms with Gasteiger partial charge in [-0.1, -0.05) is 23.7 Å². The van der Waals surface area contributed by atoms with Gasteiger partial charge in [0, 0.05) is 5.02 Å². The highest BCUT2D eigenvalue weighted by Gasteiger charge is 2.12. The minimum atomic E-state index is -3.55. The first-order chi connectivity index (χ1) is 10.7. The molecule has 0 aliphatic rings. The number of hydrogen-bond acceptors (Lipinski definition) is 3. The quantitative estimate of drug-likeness (QED) is 0.864. The van der Waals surface area contributed by atoms with Crippen LogP contribution in [0.4, 0.5) is 15.8 Å². The molecule has 0 radical (unpaired) electrons. The van der Waals surface area contributed by atoms with E-state index in [1.807, 2.05) is 0 Å². The number of nitrogens with one attached hydrogen (secondary N) is 2. The van der Waals surface area contributed by atoms with Gasteiger partial charge in [-0.2, -0.15) is 0 Å². The van der Waals surface area contributed by atoms with Crippen molar-refractivity contribution < 1.29 is 17.6 Å². The number of halogens is 2. The largest absolute Gasteiger partial charge is 0.324 e. The molecule has 0 heterocycles. The first kappa shape index (κ1) is 17.2. The number of carbonyl (C=O) groups excluding carboxylic acids is 1. The fraction of sp³-hybridized carbons (Fsp3) is 0.133. The van der Waals surface area contributed by atoms with E-state index in [0.717, 1.165) is 24.0 Å². The Labute approximate surface area is 138 Å². The van der Waals surface area contributed by atoms with Gasteiger partial charge in [-0.3, -0.25) is 9.52 Å². The number of rotatable bonds is 5. The summed E-state index contributed by atoms with van der Waals surface area (Å²) in [4.78, 5) is 12.1. The van der Waals surface area contributed by atoms with Gasteiger partial charge >= 0.3 is 0 Å². The molecule has 0 aliphatic heterocycles. The van der Waals surface area contributed by atoms with Crippen LogP contribution < -0.4 is 10.0 Å². The lowest BCUT2D eigenvalue weighted by Crippen LogP contribution is -2.17. The molecule has 0 bridgehead atoms. The van der Waals surface area contributed by atoms with Gasteiger partial charge in [0.05, 0.1) is 24.1 Å². The number of benzene rings is 2. The summed E-state index contributed by atoms with van der Waals surface area (Å²) in [7, 11) is -3.55. The fourth-order valence-electron chi connectivity index (χ4n) is 1.89. The average Bonchev–Trinajstić information content (AvgIpc) is 2.43. The molecule has 0 saturated carbocycles. The summed E-state index contributed by atoms with van der Waals surface area (Å²) in [6, 6.07) is 10.1. The maximum atomic E-state index is 13.4. The second-order valence-corrected chi connectivity index (χ2v) is 7.10. The topological polar surface area (TPSA) is 75.3 Å². The van der Waals surface area contributed by atoms with Gasteiger partial charge in [0.2, 0.25) is 15.9 Å². The van der Waals surface area contributed by atoms with Gasteiger partial charge in [-0.15, -0.1) is 0 Å². The first-order valence-electron chi connectivity index (χ1n) is 6.54. The Morgan fingerprint density at radius 2 is 1.78 bits per heavy atom. The van der Waals surface area contributed by atoms with E-state index in [4.69, 9.17) is 11.6 Å². The number of anilines is 2. The van der Waals surface area contributed by atoms with Crippen molar-refractivity contribution in [1.29, 1.82) is 0 Å². The van der Waals surface area contributed by atoms with Crippen LogP contribution in [-0.2, 0) is 21.2 Å². The van der Waals surface area contributed by atoms with Gasteiger partial charge < -0.3 is 5.32 Å². The summed E-state index contributed by atoms with van der Waals surface area (Å²) in [5.41, 5.74) is 0.869. The van der Waals surface area contributed by atoms with Gasteiger partial charge in [-0.25, -0.2) is 12.8 Å². The zero-order valence-corrected chi connectivity index (χ0v) is 13.7. The molecule has 5 nitrogen and oxygen atoms in total. The third-order valence-corrected chi connectivity index (χ3v) is 3.67. The molecule has 0 aliphatic carbocycles. The van der Waals surface area contributed by atoms with Crippen molar-refractivity contribution in [3.05, 3.63) is 58.9 Å². The van der Waals surface area contributed by atoms with Crippen LogP contribution in [0.3, 0.4) is 0 Å². The minimum absolute atomic E-state index is 0.0476. The smallest absolute Gasteiger partial charge is 0.229 e. The Kier molecular flexibility index (Phi) is 5.23. The summed E-state index contributed by atoms with van der Waals surface area (Å²) in [5, 5.41) is 3.05. The number of hydrogen-bond donors (Lipinski definition) is 2. The zero-order valence-electron chi connectivity index (χ0n) is 12.1. The average molecular weight is 357 g/mol. The van der Waals surface area contributed by atoms with Crippen molar-refractivity contribution in [3.63, 3.8) is 0 Å². The summed E-state index contributed by atoms with van der Waals surface area (Å²) < 4.78 is 38.2. The molecule has 1 amide bonds. The lowest BCUT2D eigenvalue weighted by molar-refractivity contribution is -0.115. The van der Waals surface area contributed by atoms with Crippen molar-refractivity contribution in [1.82, 2.24) is 0 Å². The van der Waals surface area contributed by atoms with E-state index in [0.29, 0.717) is 5.02 Å². The molecule has 2 aromatic rings. The van der Waals surface area contributed by atoms with Crippen LogP contribution in [0, 0.1) is 5.82 Å². The SMILES string of the molecule is CS(=O)(=O)Nc1ccc(F)cc1NC(=O)Cc1ccc(Cl)cc1. The third-order valence-electron chi connectivity index (χ3n) is 2.83. The summed E-state index contributed by atoms with van der Waals surface area (Å²) in [6.07, 6.45) is 1.02. The molecule has 0 atom stereocenters. The van der Waals surface area contributed by atoms with Crippen LogP contribution in [-0.4, -0.2) is 20.6 Å². The number of carbonyl (C=O) groups is 1. The maximum Gasteiger partial charge on any atom is 0.229 e. The fourth-order valence-corrected chi connectivity index (χ4v) is 2.59.